The Morgan fingerprint density at radius 2 is 1.90 bits per heavy atom. The monoisotopic (exact) mass is 416 g/mol. The standard InChI is InChI=1S/C21H25FN4O2S/c22-17-7-9-18(10-8-17)27-14-5-15-29-21-24-23-20(25-11-2-1-3-12-25)26(21)16-19-6-4-13-28-19/h4,6-10,13H,1-3,5,11-12,14-16H2. The molecule has 2 aromatic heterocycles. The number of halogens is 1. The van der Waals surface area contributed by atoms with Crippen LogP contribution in [0.3, 0.4) is 0 Å². The van der Waals surface area contributed by atoms with Gasteiger partial charge in [-0.25, -0.2) is 4.39 Å². The van der Waals surface area contributed by atoms with Gasteiger partial charge in [0.2, 0.25) is 5.95 Å². The predicted molar refractivity (Wildman–Crippen MR) is 111 cm³/mol. The van der Waals surface area contributed by atoms with Crippen molar-refractivity contribution in [1.29, 1.82) is 0 Å². The molecule has 1 fully saturated rings. The lowest BCUT2D eigenvalue weighted by atomic mass is 10.1. The summed E-state index contributed by atoms with van der Waals surface area (Å²) in [7, 11) is 0. The fourth-order valence-electron chi connectivity index (χ4n) is 3.36. The summed E-state index contributed by atoms with van der Waals surface area (Å²) in [6.45, 7) is 3.24. The Kier molecular flexibility index (Phi) is 6.71. The molecule has 8 heteroatoms. The molecule has 0 aliphatic carbocycles. The highest BCUT2D eigenvalue weighted by atomic mass is 32.2. The molecule has 1 aromatic carbocycles. The number of benzene rings is 1. The molecule has 0 unspecified atom stereocenters. The quantitative estimate of drug-likeness (QED) is 0.375. The molecule has 0 saturated carbocycles. The lowest BCUT2D eigenvalue weighted by Crippen LogP contribution is -2.32. The third-order valence-electron chi connectivity index (χ3n) is 4.83. The van der Waals surface area contributed by atoms with E-state index in [1.54, 1.807) is 30.2 Å². The number of piperidine rings is 1. The molecule has 3 heterocycles. The first-order valence-electron chi connectivity index (χ1n) is 10.0. The Morgan fingerprint density at radius 3 is 2.66 bits per heavy atom. The summed E-state index contributed by atoms with van der Waals surface area (Å²) >= 11 is 1.67. The zero-order valence-electron chi connectivity index (χ0n) is 16.3. The van der Waals surface area contributed by atoms with E-state index in [1.165, 1.54) is 31.4 Å². The van der Waals surface area contributed by atoms with Crippen LogP contribution in [0.5, 0.6) is 5.75 Å². The van der Waals surface area contributed by atoms with Crippen LogP contribution in [0.2, 0.25) is 0 Å². The highest BCUT2D eigenvalue weighted by Gasteiger charge is 2.21. The lowest BCUT2D eigenvalue weighted by molar-refractivity contribution is 0.318. The Bertz CT molecular complexity index is 877. The summed E-state index contributed by atoms with van der Waals surface area (Å²) in [5.74, 6) is 3.10. The van der Waals surface area contributed by atoms with Crippen molar-refractivity contribution in [2.24, 2.45) is 0 Å². The number of thioether (sulfide) groups is 1. The fraction of sp³-hybridized carbons (Fsp3) is 0.429. The lowest BCUT2D eigenvalue weighted by Gasteiger charge is -2.27. The van der Waals surface area contributed by atoms with Gasteiger partial charge in [0.25, 0.3) is 0 Å². The first-order chi connectivity index (χ1) is 14.3. The molecule has 0 N–H and O–H groups in total. The number of hydrogen-bond acceptors (Lipinski definition) is 6. The van der Waals surface area contributed by atoms with Gasteiger partial charge in [-0.15, -0.1) is 10.2 Å². The maximum Gasteiger partial charge on any atom is 0.228 e. The number of aromatic nitrogens is 3. The molecule has 29 heavy (non-hydrogen) atoms. The molecule has 3 aromatic rings. The van der Waals surface area contributed by atoms with E-state index in [0.717, 1.165) is 42.1 Å². The van der Waals surface area contributed by atoms with Crippen molar-refractivity contribution in [3.05, 3.63) is 54.2 Å². The van der Waals surface area contributed by atoms with E-state index in [-0.39, 0.29) is 5.82 Å². The number of hydrogen-bond donors (Lipinski definition) is 0. The topological polar surface area (TPSA) is 56.3 Å². The van der Waals surface area contributed by atoms with Gasteiger partial charge in [0, 0.05) is 18.8 Å². The minimum Gasteiger partial charge on any atom is -0.494 e. The molecule has 1 saturated heterocycles. The smallest absolute Gasteiger partial charge is 0.228 e. The Morgan fingerprint density at radius 1 is 1.07 bits per heavy atom. The normalized spacial score (nSPS) is 14.3. The van der Waals surface area contributed by atoms with Crippen LogP contribution in [0.1, 0.15) is 31.4 Å². The summed E-state index contributed by atoms with van der Waals surface area (Å²) in [5.41, 5.74) is 0. The van der Waals surface area contributed by atoms with Crippen LogP contribution in [0.25, 0.3) is 0 Å². The van der Waals surface area contributed by atoms with Crippen molar-refractivity contribution in [1.82, 2.24) is 14.8 Å². The van der Waals surface area contributed by atoms with Crippen LogP contribution in [0, 0.1) is 5.82 Å². The summed E-state index contributed by atoms with van der Waals surface area (Å²) in [4.78, 5) is 2.32. The minimum atomic E-state index is -0.256. The zero-order chi connectivity index (χ0) is 19.9. The van der Waals surface area contributed by atoms with Gasteiger partial charge in [-0.2, -0.15) is 0 Å². The molecule has 4 rings (SSSR count). The van der Waals surface area contributed by atoms with Gasteiger partial charge in [-0.3, -0.25) is 4.57 Å². The first kappa shape index (κ1) is 19.8. The fourth-order valence-corrected chi connectivity index (χ4v) is 4.20. The van der Waals surface area contributed by atoms with E-state index in [0.29, 0.717) is 18.9 Å². The molecular weight excluding hydrogens is 391 g/mol. The minimum absolute atomic E-state index is 0.256. The van der Waals surface area contributed by atoms with Gasteiger partial charge < -0.3 is 14.1 Å². The summed E-state index contributed by atoms with van der Waals surface area (Å²) in [5, 5.41) is 9.82. The summed E-state index contributed by atoms with van der Waals surface area (Å²) in [6.07, 6.45) is 6.21. The number of nitrogens with zero attached hydrogens (tertiary/aromatic N) is 4. The molecule has 0 radical (unpaired) electrons. The van der Waals surface area contributed by atoms with Crippen molar-refractivity contribution < 1.29 is 13.5 Å². The van der Waals surface area contributed by atoms with Crippen molar-refractivity contribution in [3.8, 4) is 5.75 Å². The maximum absolute atomic E-state index is 12.9. The van der Waals surface area contributed by atoms with Crippen molar-refractivity contribution in [3.63, 3.8) is 0 Å². The summed E-state index contributed by atoms with van der Waals surface area (Å²) < 4.78 is 26.3. The molecule has 1 aliphatic rings. The average molecular weight is 417 g/mol. The van der Waals surface area contributed by atoms with Crippen molar-refractivity contribution >= 4 is 17.7 Å². The van der Waals surface area contributed by atoms with E-state index < -0.39 is 0 Å². The third-order valence-corrected chi connectivity index (χ3v) is 5.89. The van der Waals surface area contributed by atoms with Gasteiger partial charge in [0.1, 0.15) is 17.3 Å². The summed E-state index contributed by atoms with van der Waals surface area (Å²) in [6, 6.07) is 9.98. The van der Waals surface area contributed by atoms with Crippen molar-refractivity contribution in [2.45, 2.75) is 37.4 Å². The van der Waals surface area contributed by atoms with Crippen LogP contribution in [0.15, 0.2) is 52.2 Å². The van der Waals surface area contributed by atoms with Gasteiger partial charge in [0.05, 0.1) is 19.4 Å². The second kappa shape index (κ2) is 9.82. The molecule has 1 aliphatic heterocycles. The van der Waals surface area contributed by atoms with Crippen molar-refractivity contribution in [2.75, 3.05) is 30.3 Å². The van der Waals surface area contributed by atoms with E-state index in [9.17, 15) is 4.39 Å². The van der Waals surface area contributed by atoms with E-state index in [1.807, 2.05) is 12.1 Å². The van der Waals surface area contributed by atoms with Gasteiger partial charge >= 0.3 is 0 Å². The number of furan rings is 1. The molecule has 154 valence electrons. The number of anilines is 1. The second-order valence-electron chi connectivity index (χ2n) is 7.00. The van der Waals surface area contributed by atoms with Crippen LogP contribution in [-0.2, 0) is 6.54 Å². The second-order valence-corrected chi connectivity index (χ2v) is 8.06. The van der Waals surface area contributed by atoms with Gasteiger partial charge in [0.15, 0.2) is 5.16 Å². The van der Waals surface area contributed by atoms with Gasteiger partial charge in [-0.05, 0) is 62.1 Å². The molecular formula is C21H25FN4O2S. The Labute approximate surface area is 174 Å². The van der Waals surface area contributed by atoms with Crippen LogP contribution < -0.4 is 9.64 Å². The molecule has 0 amide bonds. The zero-order valence-corrected chi connectivity index (χ0v) is 17.1. The molecule has 0 spiro atoms. The maximum atomic E-state index is 12.9. The average Bonchev–Trinajstić information content (AvgIpc) is 3.40. The Hall–Kier alpha value is -2.48. The molecule has 0 atom stereocenters. The Balaban J connectivity index is 1.35. The highest BCUT2D eigenvalue weighted by molar-refractivity contribution is 7.99. The molecule has 6 nitrogen and oxygen atoms in total. The highest BCUT2D eigenvalue weighted by Crippen LogP contribution is 2.26. The first-order valence-corrected chi connectivity index (χ1v) is 11.0. The van der Waals surface area contributed by atoms with Crippen LogP contribution in [-0.4, -0.2) is 40.2 Å². The third kappa shape index (κ3) is 5.32. The van der Waals surface area contributed by atoms with E-state index in [4.69, 9.17) is 9.15 Å². The molecule has 0 bridgehead atoms. The largest absolute Gasteiger partial charge is 0.494 e. The van der Waals surface area contributed by atoms with E-state index in [2.05, 4.69) is 19.7 Å². The van der Waals surface area contributed by atoms with E-state index >= 15 is 0 Å². The SMILES string of the molecule is Fc1ccc(OCCCSc2nnc(N3CCCCC3)n2Cc2ccco2)cc1. The number of ether oxygens (including phenoxy) is 1. The van der Waals surface area contributed by atoms with Crippen LogP contribution in [0.4, 0.5) is 10.3 Å². The predicted octanol–water partition coefficient (Wildman–Crippen LogP) is 4.61. The number of rotatable bonds is 9. The van der Waals surface area contributed by atoms with Gasteiger partial charge in [-0.1, -0.05) is 11.8 Å². The van der Waals surface area contributed by atoms with Crippen LogP contribution >= 0.6 is 11.8 Å².